The molecule has 1 amide bonds. The van der Waals surface area contributed by atoms with Gasteiger partial charge in [0.1, 0.15) is 11.4 Å². The second kappa shape index (κ2) is 5.52. The Balaban J connectivity index is 2.40. The number of benzene rings is 1. The summed E-state index contributed by atoms with van der Waals surface area (Å²) in [4.78, 5) is 18.1. The number of aryl methyl sites for hydroxylation is 1. The van der Waals surface area contributed by atoms with Crippen LogP contribution in [0.3, 0.4) is 0 Å². The minimum atomic E-state index is -0.170. The van der Waals surface area contributed by atoms with Crippen molar-refractivity contribution >= 4 is 11.6 Å². The molecule has 0 unspecified atom stereocenters. The molecule has 0 atom stereocenters. The SMILES string of the molecule is CCN(C(=O)c1ccccn1)c1cc(O)ccc1C. The Labute approximate surface area is 112 Å². The van der Waals surface area contributed by atoms with Crippen LogP contribution in [0.2, 0.25) is 0 Å². The van der Waals surface area contributed by atoms with Crippen LogP contribution in [0.4, 0.5) is 5.69 Å². The molecule has 98 valence electrons. The first-order chi connectivity index (χ1) is 9.13. The third kappa shape index (κ3) is 2.73. The number of rotatable bonds is 3. The van der Waals surface area contributed by atoms with E-state index >= 15 is 0 Å². The number of aromatic nitrogens is 1. The monoisotopic (exact) mass is 256 g/mol. The van der Waals surface area contributed by atoms with Crippen LogP contribution < -0.4 is 4.90 Å². The number of aromatic hydroxyl groups is 1. The summed E-state index contributed by atoms with van der Waals surface area (Å²) in [5.74, 6) is -0.0235. The number of amides is 1. The molecule has 4 heteroatoms. The standard InChI is InChI=1S/C15H16N2O2/c1-3-17(14-10-12(18)8-7-11(14)2)15(19)13-6-4-5-9-16-13/h4-10,18H,3H2,1-2H3. The Morgan fingerprint density at radius 3 is 2.74 bits per heavy atom. The van der Waals surface area contributed by atoms with Gasteiger partial charge in [-0.05, 0) is 37.6 Å². The number of pyridine rings is 1. The van der Waals surface area contributed by atoms with Crippen LogP contribution in [0.25, 0.3) is 0 Å². The largest absolute Gasteiger partial charge is 0.508 e. The van der Waals surface area contributed by atoms with Gasteiger partial charge in [-0.1, -0.05) is 12.1 Å². The van der Waals surface area contributed by atoms with Gasteiger partial charge in [-0.25, -0.2) is 0 Å². The molecule has 0 saturated heterocycles. The lowest BCUT2D eigenvalue weighted by atomic mass is 10.1. The summed E-state index contributed by atoms with van der Waals surface area (Å²) in [5.41, 5.74) is 2.04. The zero-order valence-corrected chi connectivity index (χ0v) is 11.0. The topological polar surface area (TPSA) is 53.4 Å². The molecule has 0 radical (unpaired) electrons. The van der Waals surface area contributed by atoms with E-state index in [1.807, 2.05) is 13.8 Å². The van der Waals surface area contributed by atoms with E-state index in [0.29, 0.717) is 17.9 Å². The Morgan fingerprint density at radius 1 is 1.32 bits per heavy atom. The molecule has 2 aromatic rings. The first-order valence-corrected chi connectivity index (χ1v) is 6.16. The van der Waals surface area contributed by atoms with Gasteiger partial charge in [0.2, 0.25) is 0 Å². The fourth-order valence-corrected chi connectivity index (χ4v) is 1.94. The summed E-state index contributed by atoms with van der Waals surface area (Å²) in [6, 6.07) is 10.2. The second-order valence-electron chi connectivity index (χ2n) is 4.24. The van der Waals surface area contributed by atoms with Crippen LogP contribution in [-0.4, -0.2) is 22.5 Å². The molecule has 0 saturated carbocycles. The van der Waals surface area contributed by atoms with Crippen molar-refractivity contribution in [1.29, 1.82) is 0 Å². The van der Waals surface area contributed by atoms with Gasteiger partial charge in [0.05, 0.1) is 5.69 Å². The quantitative estimate of drug-likeness (QED) is 0.918. The van der Waals surface area contributed by atoms with Gasteiger partial charge in [0.15, 0.2) is 0 Å². The molecule has 19 heavy (non-hydrogen) atoms. The second-order valence-corrected chi connectivity index (χ2v) is 4.24. The molecule has 0 fully saturated rings. The van der Waals surface area contributed by atoms with Crippen molar-refractivity contribution in [3.05, 3.63) is 53.9 Å². The predicted octanol–water partition coefficient (Wildman–Crippen LogP) is 2.76. The van der Waals surface area contributed by atoms with Crippen molar-refractivity contribution in [2.75, 3.05) is 11.4 Å². The maximum Gasteiger partial charge on any atom is 0.276 e. The zero-order valence-electron chi connectivity index (χ0n) is 11.0. The van der Waals surface area contributed by atoms with Crippen LogP contribution in [0.5, 0.6) is 5.75 Å². The van der Waals surface area contributed by atoms with Crippen LogP contribution in [0, 0.1) is 6.92 Å². The predicted molar refractivity (Wildman–Crippen MR) is 74.4 cm³/mol. The van der Waals surface area contributed by atoms with Gasteiger partial charge in [0, 0.05) is 18.8 Å². The number of carbonyl (C=O) groups is 1. The molecule has 0 aliphatic rings. The average molecular weight is 256 g/mol. The van der Waals surface area contributed by atoms with E-state index in [9.17, 15) is 9.90 Å². The normalized spacial score (nSPS) is 10.2. The molecule has 1 N–H and O–H groups in total. The maximum absolute atomic E-state index is 12.4. The van der Waals surface area contributed by atoms with Crippen molar-refractivity contribution in [1.82, 2.24) is 4.98 Å². The smallest absolute Gasteiger partial charge is 0.276 e. The van der Waals surface area contributed by atoms with Crippen LogP contribution in [-0.2, 0) is 0 Å². The van der Waals surface area contributed by atoms with Crippen molar-refractivity contribution in [2.45, 2.75) is 13.8 Å². The number of nitrogens with zero attached hydrogens (tertiary/aromatic N) is 2. The molecule has 4 nitrogen and oxygen atoms in total. The molecule has 0 aliphatic heterocycles. The summed E-state index contributed by atoms with van der Waals surface area (Å²) >= 11 is 0. The number of hydrogen-bond acceptors (Lipinski definition) is 3. The highest BCUT2D eigenvalue weighted by molar-refractivity contribution is 6.05. The Bertz CT molecular complexity index is 582. The highest BCUT2D eigenvalue weighted by Crippen LogP contribution is 2.25. The summed E-state index contributed by atoms with van der Waals surface area (Å²) in [5, 5.41) is 9.58. The number of phenolic OH excluding ortho intramolecular Hbond substituents is 1. The summed E-state index contributed by atoms with van der Waals surface area (Å²) in [7, 11) is 0. The van der Waals surface area contributed by atoms with E-state index in [1.54, 1.807) is 47.5 Å². The van der Waals surface area contributed by atoms with E-state index in [4.69, 9.17) is 0 Å². The number of phenols is 1. The van der Waals surface area contributed by atoms with Crippen LogP contribution in [0.15, 0.2) is 42.6 Å². The van der Waals surface area contributed by atoms with E-state index < -0.39 is 0 Å². The minimum Gasteiger partial charge on any atom is -0.508 e. The fraction of sp³-hybridized carbons (Fsp3) is 0.200. The van der Waals surface area contributed by atoms with E-state index in [2.05, 4.69) is 4.98 Å². The lowest BCUT2D eigenvalue weighted by Crippen LogP contribution is -2.31. The summed E-state index contributed by atoms with van der Waals surface area (Å²) in [6.07, 6.45) is 1.59. The molecule has 1 aromatic heterocycles. The number of hydrogen-bond donors (Lipinski definition) is 1. The van der Waals surface area contributed by atoms with Crippen molar-refractivity contribution in [2.24, 2.45) is 0 Å². The highest BCUT2D eigenvalue weighted by atomic mass is 16.3. The zero-order chi connectivity index (χ0) is 13.8. The van der Waals surface area contributed by atoms with Crippen molar-refractivity contribution in [3.8, 4) is 5.75 Å². The van der Waals surface area contributed by atoms with Gasteiger partial charge in [-0.15, -0.1) is 0 Å². The molecule has 1 aromatic carbocycles. The van der Waals surface area contributed by atoms with E-state index in [1.165, 1.54) is 0 Å². The van der Waals surface area contributed by atoms with Crippen LogP contribution in [0.1, 0.15) is 23.0 Å². The molecule has 1 heterocycles. The maximum atomic E-state index is 12.4. The van der Waals surface area contributed by atoms with Crippen molar-refractivity contribution in [3.63, 3.8) is 0 Å². The van der Waals surface area contributed by atoms with Gasteiger partial charge in [0.25, 0.3) is 5.91 Å². The van der Waals surface area contributed by atoms with Gasteiger partial charge >= 0.3 is 0 Å². The van der Waals surface area contributed by atoms with Gasteiger partial charge < -0.3 is 10.0 Å². The van der Waals surface area contributed by atoms with E-state index in [0.717, 1.165) is 5.56 Å². The van der Waals surface area contributed by atoms with Gasteiger partial charge in [-0.3, -0.25) is 9.78 Å². The lowest BCUT2D eigenvalue weighted by molar-refractivity contribution is 0.0983. The lowest BCUT2D eigenvalue weighted by Gasteiger charge is -2.22. The third-order valence-corrected chi connectivity index (χ3v) is 2.93. The molecule has 2 rings (SSSR count). The Hall–Kier alpha value is -2.36. The third-order valence-electron chi connectivity index (χ3n) is 2.93. The number of carbonyl (C=O) groups excluding carboxylic acids is 1. The minimum absolute atomic E-state index is 0.146. The summed E-state index contributed by atoms with van der Waals surface area (Å²) in [6.45, 7) is 4.31. The highest BCUT2D eigenvalue weighted by Gasteiger charge is 2.18. The van der Waals surface area contributed by atoms with Gasteiger partial charge in [-0.2, -0.15) is 0 Å². The Kier molecular flexibility index (Phi) is 3.80. The fourth-order valence-electron chi connectivity index (χ4n) is 1.94. The molecular weight excluding hydrogens is 240 g/mol. The van der Waals surface area contributed by atoms with Crippen molar-refractivity contribution < 1.29 is 9.90 Å². The first kappa shape index (κ1) is 13.1. The molecule has 0 aliphatic carbocycles. The molecule has 0 bridgehead atoms. The summed E-state index contributed by atoms with van der Waals surface area (Å²) < 4.78 is 0. The van der Waals surface area contributed by atoms with Crippen LogP contribution >= 0.6 is 0 Å². The van der Waals surface area contributed by atoms with E-state index in [-0.39, 0.29) is 11.7 Å². The molecule has 0 spiro atoms. The first-order valence-electron chi connectivity index (χ1n) is 6.16. The average Bonchev–Trinajstić information content (AvgIpc) is 2.44. The number of anilines is 1. The molecular formula is C15H16N2O2. The Morgan fingerprint density at radius 2 is 2.11 bits per heavy atom.